The lowest BCUT2D eigenvalue weighted by atomic mass is 10.2. The number of carboxylic acid groups (broad SMARTS) is 1. The van der Waals surface area contributed by atoms with Crippen LogP contribution in [-0.4, -0.2) is 28.9 Å². The predicted octanol–water partition coefficient (Wildman–Crippen LogP) is 0.959. The van der Waals surface area contributed by atoms with Crippen LogP contribution in [0, 0.1) is 5.92 Å². The van der Waals surface area contributed by atoms with Gasteiger partial charge in [-0.2, -0.15) is 12.6 Å². The monoisotopic (exact) mass is 206 g/mol. The zero-order chi connectivity index (χ0) is 10.4. The van der Waals surface area contributed by atoms with E-state index in [2.05, 4.69) is 12.6 Å². The summed E-state index contributed by atoms with van der Waals surface area (Å²) in [7, 11) is 0. The van der Waals surface area contributed by atoms with Crippen molar-refractivity contribution < 1.29 is 19.4 Å². The van der Waals surface area contributed by atoms with Crippen LogP contribution in [0.5, 0.6) is 0 Å². The van der Waals surface area contributed by atoms with Crippen molar-refractivity contribution in [3.8, 4) is 0 Å². The summed E-state index contributed by atoms with van der Waals surface area (Å²) >= 11 is 3.76. The van der Waals surface area contributed by atoms with E-state index >= 15 is 0 Å². The first-order chi connectivity index (χ1) is 6.02. The Morgan fingerprint density at radius 2 is 2.08 bits per heavy atom. The third-order valence-corrected chi connectivity index (χ3v) is 2.02. The topological polar surface area (TPSA) is 63.6 Å². The fourth-order valence-corrected chi connectivity index (χ4v) is 0.922. The van der Waals surface area contributed by atoms with Crippen LogP contribution in [0.1, 0.15) is 20.3 Å². The van der Waals surface area contributed by atoms with Crippen LogP contribution < -0.4 is 0 Å². The van der Waals surface area contributed by atoms with E-state index in [-0.39, 0.29) is 11.9 Å². The number of carbonyl (C=O) groups excluding carboxylic acids is 1. The number of hydrogen-bond donors (Lipinski definition) is 2. The Balaban J connectivity index is 4.14. The zero-order valence-corrected chi connectivity index (χ0v) is 8.58. The van der Waals surface area contributed by atoms with Gasteiger partial charge in [0.25, 0.3) is 0 Å². The molecule has 0 saturated heterocycles. The summed E-state index contributed by atoms with van der Waals surface area (Å²) in [5.74, 6) is -3.09. The van der Waals surface area contributed by atoms with E-state index < -0.39 is 17.9 Å². The normalized spacial score (nSPS) is 14.7. The number of aliphatic carboxylic acids is 1. The predicted molar refractivity (Wildman–Crippen MR) is 50.8 cm³/mol. The van der Waals surface area contributed by atoms with E-state index in [1.165, 1.54) is 0 Å². The average molecular weight is 206 g/mol. The first kappa shape index (κ1) is 12.3. The minimum Gasteiger partial charge on any atom is -0.481 e. The summed E-state index contributed by atoms with van der Waals surface area (Å²) in [5, 5.41) is 8.58. The van der Waals surface area contributed by atoms with E-state index in [1.54, 1.807) is 6.92 Å². The largest absolute Gasteiger partial charge is 0.481 e. The Morgan fingerprint density at radius 1 is 1.54 bits per heavy atom. The number of hydrogen-bond acceptors (Lipinski definition) is 4. The highest BCUT2D eigenvalue weighted by atomic mass is 32.1. The van der Waals surface area contributed by atoms with Gasteiger partial charge in [0.2, 0.25) is 0 Å². The Bertz CT molecular complexity index is 193. The highest BCUT2D eigenvalue weighted by Gasteiger charge is 2.27. The standard InChI is InChI=1S/C8H14O4S/c1-3-5(2)12-8(11)6(4-13)7(9)10/h5-6,13H,3-4H2,1-2H3,(H,9,10). The number of ether oxygens (including phenoxy) is 1. The van der Waals surface area contributed by atoms with Crippen LogP contribution in [0.25, 0.3) is 0 Å². The van der Waals surface area contributed by atoms with Gasteiger partial charge in [-0.1, -0.05) is 6.92 Å². The van der Waals surface area contributed by atoms with Crippen molar-refractivity contribution >= 4 is 24.6 Å². The molecule has 0 radical (unpaired) electrons. The fourth-order valence-electron chi connectivity index (χ4n) is 0.617. The molecule has 0 aromatic heterocycles. The highest BCUT2D eigenvalue weighted by molar-refractivity contribution is 7.80. The first-order valence-electron chi connectivity index (χ1n) is 4.07. The molecule has 0 aromatic carbocycles. The first-order valence-corrected chi connectivity index (χ1v) is 4.70. The molecule has 0 aliphatic carbocycles. The lowest BCUT2D eigenvalue weighted by Gasteiger charge is -2.13. The van der Waals surface area contributed by atoms with Gasteiger partial charge in [-0.3, -0.25) is 9.59 Å². The molecule has 5 heteroatoms. The quantitative estimate of drug-likeness (QED) is 0.399. The van der Waals surface area contributed by atoms with Gasteiger partial charge < -0.3 is 9.84 Å². The van der Waals surface area contributed by atoms with E-state index in [1.807, 2.05) is 6.92 Å². The van der Waals surface area contributed by atoms with Crippen LogP contribution in [0.4, 0.5) is 0 Å². The van der Waals surface area contributed by atoms with Gasteiger partial charge >= 0.3 is 11.9 Å². The van der Waals surface area contributed by atoms with Crippen molar-refractivity contribution in [2.45, 2.75) is 26.4 Å². The van der Waals surface area contributed by atoms with Gasteiger partial charge in [-0.05, 0) is 13.3 Å². The fraction of sp³-hybridized carbons (Fsp3) is 0.750. The second-order valence-corrected chi connectivity index (χ2v) is 3.09. The Kier molecular flexibility index (Phi) is 5.53. The van der Waals surface area contributed by atoms with Gasteiger partial charge in [0.1, 0.15) is 0 Å². The number of carboxylic acids is 1. The molecule has 4 nitrogen and oxygen atoms in total. The molecule has 0 fully saturated rings. The number of carbonyl (C=O) groups is 2. The van der Waals surface area contributed by atoms with Gasteiger partial charge in [0, 0.05) is 5.75 Å². The van der Waals surface area contributed by atoms with Crippen LogP contribution in [-0.2, 0) is 14.3 Å². The molecular weight excluding hydrogens is 192 g/mol. The van der Waals surface area contributed by atoms with E-state index in [0.717, 1.165) is 0 Å². The van der Waals surface area contributed by atoms with Crippen molar-refractivity contribution in [1.29, 1.82) is 0 Å². The SMILES string of the molecule is CCC(C)OC(=O)C(CS)C(=O)O. The van der Waals surface area contributed by atoms with Crippen LogP contribution in [0.2, 0.25) is 0 Å². The minimum atomic E-state index is -1.19. The van der Waals surface area contributed by atoms with Gasteiger partial charge in [0.05, 0.1) is 6.10 Å². The highest BCUT2D eigenvalue weighted by Crippen LogP contribution is 2.06. The summed E-state index contributed by atoms with van der Waals surface area (Å²) in [5.41, 5.74) is 0. The molecule has 0 bridgehead atoms. The lowest BCUT2D eigenvalue weighted by Crippen LogP contribution is -2.29. The zero-order valence-electron chi connectivity index (χ0n) is 7.69. The lowest BCUT2D eigenvalue weighted by molar-refractivity contribution is -0.160. The molecule has 0 spiro atoms. The van der Waals surface area contributed by atoms with Crippen molar-refractivity contribution in [3.05, 3.63) is 0 Å². The van der Waals surface area contributed by atoms with Crippen molar-refractivity contribution in [3.63, 3.8) is 0 Å². The summed E-state index contributed by atoms with van der Waals surface area (Å²) in [6, 6.07) is 0. The third-order valence-electron chi connectivity index (χ3n) is 1.66. The number of thiol groups is 1. The summed E-state index contributed by atoms with van der Waals surface area (Å²) in [6.45, 7) is 3.57. The van der Waals surface area contributed by atoms with E-state index in [9.17, 15) is 9.59 Å². The number of rotatable bonds is 5. The molecule has 1 N–H and O–H groups in total. The van der Waals surface area contributed by atoms with E-state index in [0.29, 0.717) is 6.42 Å². The smallest absolute Gasteiger partial charge is 0.321 e. The molecule has 0 rings (SSSR count). The molecule has 0 aliphatic heterocycles. The van der Waals surface area contributed by atoms with Crippen molar-refractivity contribution in [2.24, 2.45) is 5.92 Å². The Morgan fingerprint density at radius 3 is 2.38 bits per heavy atom. The van der Waals surface area contributed by atoms with Crippen molar-refractivity contribution in [2.75, 3.05) is 5.75 Å². The maximum Gasteiger partial charge on any atom is 0.321 e. The molecule has 13 heavy (non-hydrogen) atoms. The summed E-state index contributed by atoms with van der Waals surface area (Å²) in [6.07, 6.45) is 0.430. The summed E-state index contributed by atoms with van der Waals surface area (Å²) < 4.78 is 4.85. The molecule has 0 heterocycles. The molecule has 0 saturated carbocycles. The van der Waals surface area contributed by atoms with Gasteiger partial charge in [0.15, 0.2) is 5.92 Å². The molecule has 2 atom stereocenters. The number of esters is 1. The average Bonchev–Trinajstić information content (AvgIpc) is 2.04. The summed E-state index contributed by atoms with van der Waals surface area (Å²) in [4.78, 5) is 21.6. The van der Waals surface area contributed by atoms with Crippen LogP contribution in [0.3, 0.4) is 0 Å². The molecule has 0 aliphatic rings. The molecule has 0 aromatic rings. The Labute approximate surface area is 82.7 Å². The Hall–Kier alpha value is -0.710. The van der Waals surface area contributed by atoms with Crippen molar-refractivity contribution in [1.82, 2.24) is 0 Å². The molecule has 0 amide bonds. The third kappa shape index (κ3) is 4.17. The van der Waals surface area contributed by atoms with Gasteiger partial charge in [-0.25, -0.2) is 0 Å². The second-order valence-electron chi connectivity index (χ2n) is 2.73. The van der Waals surface area contributed by atoms with Gasteiger partial charge in [-0.15, -0.1) is 0 Å². The maximum atomic E-state index is 11.1. The molecule has 76 valence electrons. The van der Waals surface area contributed by atoms with E-state index in [4.69, 9.17) is 9.84 Å². The van der Waals surface area contributed by atoms with Crippen LogP contribution in [0.15, 0.2) is 0 Å². The minimum absolute atomic E-state index is 0.0371. The molecule has 2 unspecified atom stereocenters. The van der Waals surface area contributed by atoms with Crippen LogP contribution >= 0.6 is 12.6 Å². The second kappa shape index (κ2) is 5.85. The molecular formula is C8H14O4S. The maximum absolute atomic E-state index is 11.1.